The largest absolute Gasteiger partial charge is 0.361 e. The minimum atomic E-state index is -0.194. The van der Waals surface area contributed by atoms with Gasteiger partial charge in [0.15, 0.2) is 5.69 Å². The maximum absolute atomic E-state index is 12.1. The van der Waals surface area contributed by atoms with Gasteiger partial charge in [-0.2, -0.15) is 0 Å². The van der Waals surface area contributed by atoms with Crippen LogP contribution in [0.4, 0.5) is 0 Å². The first kappa shape index (κ1) is 15.3. The molecule has 0 bridgehead atoms. The second-order valence-electron chi connectivity index (χ2n) is 5.69. The Balaban J connectivity index is 1.41. The molecule has 8 heteroatoms. The molecular weight excluding hydrogens is 298 g/mol. The van der Waals surface area contributed by atoms with Crippen molar-refractivity contribution >= 4 is 11.8 Å². The van der Waals surface area contributed by atoms with Crippen molar-refractivity contribution in [3.63, 3.8) is 0 Å². The van der Waals surface area contributed by atoms with E-state index < -0.39 is 0 Å². The molecule has 122 valence electrons. The Bertz CT molecular complexity index is 714. The quantitative estimate of drug-likeness (QED) is 0.860. The minimum absolute atomic E-state index is 0.0249. The van der Waals surface area contributed by atoms with Crippen LogP contribution >= 0.6 is 0 Å². The molecule has 2 aromatic heterocycles. The van der Waals surface area contributed by atoms with E-state index in [0.717, 1.165) is 5.82 Å². The van der Waals surface area contributed by atoms with E-state index in [9.17, 15) is 9.59 Å². The van der Waals surface area contributed by atoms with E-state index in [0.29, 0.717) is 31.9 Å². The molecule has 3 rings (SSSR count). The number of hydrogen-bond acceptors (Lipinski definition) is 5. The maximum Gasteiger partial charge on any atom is 0.276 e. The number of aryl methyl sites for hydroxylation is 2. The average Bonchev–Trinajstić information content (AvgIpc) is 3.06. The van der Waals surface area contributed by atoms with E-state index >= 15 is 0 Å². The van der Waals surface area contributed by atoms with Gasteiger partial charge in [0.2, 0.25) is 5.91 Å². The van der Waals surface area contributed by atoms with Gasteiger partial charge in [0, 0.05) is 44.6 Å². The predicted molar refractivity (Wildman–Crippen MR) is 80.6 cm³/mol. The topological polar surface area (TPSA) is 93.3 Å². The number of hydrogen-bond donors (Lipinski definition) is 1. The molecule has 0 radical (unpaired) electrons. The summed E-state index contributed by atoms with van der Waals surface area (Å²) in [5.74, 6) is 1.14. The van der Waals surface area contributed by atoms with E-state index in [1.807, 2.05) is 17.7 Å². The van der Waals surface area contributed by atoms with Gasteiger partial charge in [-0.1, -0.05) is 5.16 Å². The van der Waals surface area contributed by atoms with Gasteiger partial charge >= 0.3 is 0 Å². The lowest BCUT2D eigenvalue weighted by Gasteiger charge is -2.37. The zero-order chi connectivity index (χ0) is 16.4. The normalized spacial score (nSPS) is 14.6. The van der Waals surface area contributed by atoms with Crippen LogP contribution in [0.5, 0.6) is 0 Å². The molecule has 0 aliphatic carbocycles. The van der Waals surface area contributed by atoms with Crippen LogP contribution in [0, 0.1) is 19.8 Å². The maximum atomic E-state index is 12.1. The Hall–Kier alpha value is -2.64. The third-order valence-corrected chi connectivity index (χ3v) is 3.96. The molecule has 8 nitrogen and oxygen atoms in total. The molecule has 1 N–H and O–H groups in total. The number of carbonyl (C=O) groups excluding carboxylic acids is 2. The minimum Gasteiger partial charge on any atom is -0.361 e. The summed E-state index contributed by atoms with van der Waals surface area (Å²) in [4.78, 5) is 29.8. The highest BCUT2D eigenvalue weighted by Crippen LogP contribution is 2.18. The van der Waals surface area contributed by atoms with Gasteiger partial charge < -0.3 is 19.3 Å². The molecular formula is C15H19N5O3. The molecule has 3 heterocycles. The molecule has 0 spiro atoms. The first-order valence-electron chi connectivity index (χ1n) is 7.52. The van der Waals surface area contributed by atoms with E-state index in [2.05, 4.69) is 15.5 Å². The molecule has 0 atom stereocenters. The van der Waals surface area contributed by atoms with Crippen LogP contribution in [0.15, 0.2) is 23.0 Å². The van der Waals surface area contributed by atoms with Crippen LogP contribution in [0.1, 0.15) is 22.1 Å². The second-order valence-corrected chi connectivity index (χ2v) is 5.69. The van der Waals surface area contributed by atoms with E-state index in [-0.39, 0.29) is 23.4 Å². The van der Waals surface area contributed by atoms with Crippen molar-refractivity contribution in [2.24, 2.45) is 5.92 Å². The van der Waals surface area contributed by atoms with Crippen LogP contribution in [0.2, 0.25) is 0 Å². The second kappa shape index (κ2) is 6.23. The monoisotopic (exact) mass is 317 g/mol. The highest BCUT2D eigenvalue weighted by atomic mass is 16.5. The number of amides is 2. The molecule has 0 aromatic carbocycles. The Kier molecular flexibility index (Phi) is 4.14. The first-order valence-corrected chi connectivity index (χ1v) is 7.52. The third kappa shape index (κ3) is 3.25. The fraction of sp³-hybridized carbons (Fsp3) is 0.467. The SMILES string of the molecule is Cc1cc(C(=O)N2CC(C(=O)NCCn3ccnc3C)C2)no1. The molecule has 23 heavy (non-hydrogen) atoms. The lowest BCUT2D eigenvalue weighted by Crippen LogP contribution is -2.56. The van der Waals surface area contributed by atoms with Gasteiger partial charge in [-0.25, -0.2) is 4.98 Å². The Morgan fingerprint density at radius 1 is 1.39 bits per heavy atom. The van der Waals surface area contributed by atoms with Crippen molar-refractivity contribution in [3.8, 4) is 0 Å². The average molecular weight is 317 g/mol. The zero-order valence-electron chi connectivity index (χ0n) is 13.2. The molecule has 1 fully saturated rings. The molecule has 1 aliphatic heterocycles. The zero-order valence-corrected chi connectivity index (χ0v) is 13.2. The summed E-state index contributed by atoms with van der Waals surface area (Å²) in [6.07, 6.45) is 3.61. The smallest absolute Gasteiger partial charge is 0.276 e. The number of aromatic nitrogens is 3. The number of nitrogens with one attached hydrogen (secondary N) is 1. The van der Waals surface area contributed by atoms with Crippen molar-refractivity contribution < 1.29 is 14.1 Å². The summed E-state index contributed by atoms with van der Waals surface area (Å²) < 4.78 is 6.87. The van der Waals surface area contributed by atoms with Crippen molar-refractivity contribution in [2.45, 2.75) is 20.4 Å². The summed E-state index contributed by atoms with van der Waals surface area (Å²) in [5, 5.41) is 6.59. The van der Waals surface area contributed by atoms with Crippen molar-refractivity contribution in [2.75, 3.05) is 19.6 Å². The van der Waals surface area contributed by atoms with E-state index in [4.69, 9.17) is 4.52 Å². The predicted octanol–water partition coefficient (Wildman–Crippen LogP) is 0.376. The number of rotatable bonds is 5. The number of likely N-dealkylation sites (tertiary alicyclic amines) is 1. The molecule has 2 amide bonds. The van der Waals surface area contributed by atoms with Gasteiger partial charge in [-0.15, -0.1) is 0 Å². The summed E-state index contributed by atoms with van der Waals surface area (Å²) in [6, 6.07) is 1.60. The van der Waals surface area contributed by atoms with Crippen LogP contribution in [0.3, 0.4) is 0 Å². The molecule has 1 saturated heterocycles. The number of imidazole rings is 1. The fourth-order valence-corrected chi connectivity index (χ4v) is 2.52. The van der Waals surface area contributed by atoms with Crippen molar-refractivity contribution in [1.29, 1.82) is 0 Å². The van der Waals surface area contributed by atoms with E-state index in [1.165, 1.54) is 0 Å². The Labute approximate surface area is 133 Å². The summed E-state index contributed by atoms with van der Waals surface area (Å²) in [7, 11) is 0. The molecule has 2 aromatic rings. The van der Waals surface area contributed by atoms with Crippen LogP contribution in [0.25, 0.3) is 0 Å². The molecule has 0 unspecified atom stereocenters. The lowest BCUT2D eigenvalue weighted by molar-refractivity contribution is -0.129. The van der Waals surface area contributed by atoms with Crippen molar-refractivity contribution in [3.05, 3.63) is 35.7 Å². The fourth-order valence-electron chi connectivity index (χ4n) is 2.52. The Morgan fingerprint density at radius 3 is 2.78 bits per heavy atom. The van der Waals surface area contributed by atoms with Gasteiger partial charge in [0.25, 0.3) is 5.91 Å². The van der Waals surface area contributed by atoms with E-state index in [1.54, 1.807) is 24.1 Å². The summed E-state index contributed by atoms with van der Waals surface area (Å²) >= 11 is 0. The van der Waals surface area contributed by atoms with Gasteiger partial charge in [0.05, 0.1) is 5.92 Å². The Morgan fingerprint density at radius 2 is 2.17 bits per heavy atom. The first-order chi connectivity index (χ1) is 11.0. The van der Waals surface area contributed by atoms with Crippen LogP contribution in [-0.4, -0.2) is 51.1 Å². The van der Waals surface area contributed by atoms with Gasteiger partial charge in [-0.05, 0) is 13.8 Å². The highest BCUT2D eigenvalue weighted by molar-refractivity contribution is 5.94. The summed E-state index contributed by atoms with van der Waals surface area (Å²) in [6.45, 7) is 5.72. The number of carbonyl (C=O) groups is 2. The van der Waals surface area contributed by atoms with Crippen molar-refractivity contribution in [1.82, 2.24) is 24.9 Å². The third-order valence-electron chi connectivity index (χ3n) is 3.96. The van der Waals surface area contributed by atoms with Crippen LogP contribution in [-0.2, 0) is 11.3 Å². The van der Waals surface area contributed by atoms with Crippen LogP contribution < -0.4 is 5.32 Å². The number of nitrogens with zero attached hydrogens (tertiary/aromatic N) is 4. The highest BCUT2D eigenvalue weighted by Gasteiger charge is 2.36. The molecule has 0 saturated carbocycles. The standard InChI is InChI=1S/C15H19N5O3/c1-10-7-13(18-23-10)15(22)20-8-12(9-20)14(21)17-4-6-19-5-3-16-11(19)2/h3,5,7,12H,4,6,8-9H2,1-2H3,(H,17,21). The summed E-state index contributed by atoms with van der Waals surface area (Å²) in [5.41, 5.74) is 0.289. The van der Waals surface area contributed by atoms with Gasteiger partial charge in [0.1, 0.15) is 11.6 Å². The lowest BCUT2D eigenvalue weighted by atomic mass is 9.98. The molecule has 1 aliphatic rings. The van der Waals surface area contributed by atoms with Gasteiger partial charge in [-0.3, -0.25) is 9.59 Å².